The van der Waals surface area contributed by atoms with Crippen LogP contribution < -0.4 is 10.6 Å². The number of nitrogens with zero attached hydrogens (tertiary/aromatic N) is 2. The number of alkyl halides is 3. The normalized spacial score (nSPS) is 19.6. The van der Waals surface area contributed by atoms with E-state index >= 15 is 0 Å². The Morgan fingerprint density at radius 3 is 1.98 bits per heavy atom. The smallest absolute Gasteiger partial charge is 0.338 e. The summed E-state index contributed by atoms with van der Waals surface area (Å²) >= 11 is 0. The number of benzene rings is 3. The third-order valence-corrected chi connectivity index (χ3v) is 8.93. The van der Waals surface area contributed by atoms with E-state index in [9.17, 15) is 31.6 Å². The van der Waals surface area contributed by atoms with Crippen molar-refractivity contribution >= 4 is 15.7 Å². The molecule has 0 radical (unpaired) electrons. The van der Waals surface area contributed by atoms with Crippen LogP contribution in [0.25, 0.3) is 11.1 Å². The molecule has 1 saturated carbocycles. The first-order valence-electron chi connectivity index (χ1n) is 13.6. The van der Waals surface area contributed by atoms with Crippen LogP contribution >= 0.6 is 0 Å². The van der Waals surface area contributed by atoms with Gasteiger partial charge in [0.25, 0.3) is 0 Å². The van der Waals surface area contributed by atoms with Crippen LogP contribution in [0, 0.1) is 34.5 Å². The van der Waals surface area contributed by atoms with Crippen molar-refractivity contribution in [3.63, 3.8) is 0 Å². The highest BCUT2D eigenvalue weighted by atomic mass is 32.2. The van der Waals surface area contributed by atoms with E-state index in [0.29, 0.717) is 22.3 Å². The van der Waals surface area contributed by atoms with Gasteiger partial charge in [0.2, 0.25) is 5.91 Å². The molecule has 2 unspecified atom stereocenters. The topological polar surface area (TPSA) is 123 Å². The summed E-state index contributed by atoms with van der Waals surface area (Å²) in [6, 6.07) is 19.2. The van der Waals surface area contributed by atoms with Gasteiger partial charge in [0.1, 0.15) is 17.6 Å². The number of carbonyl (C=O) groups is 1. The lowest BCUT2D eigenvalue weighted by Crippen LogP contribution is -2.54. The van der Waals surface area contributed by atoms with Gasteiger partial charge in [-0.2, -0.15) is 23.7 Å². The summed E-state index contributed by atoms with van der Waals surface area (Å²) in [6.07, 6.45) is -3.32. The Morgan fingerprint density at radius 2 is 1.53 bits per heavy atom. The van der Waals surface area contributed by atoms with Crippen LogP contribution in [0.5, 0.6) is 0 Å². The summed E-state index contributed by atoms with van der Waals surface area (Å²) in [4.78, 5) is 13.7. The molecule has 4 atom stereocenters. The van der Waals surface area contributed by atoms with Gasteiger partial charge in [-0.3, -0.25) is 10.1 Å². The number of hydrogen-bond donors (Lipinski definition) is 2. The molecule has 0 heterocycles. The molecule has 1 fully saturated rings. The first-order chi connectivity index (χ1) is 20.2. The summed E-state index contributed by atoms with van der Waals surface area (Å²) in [6.45, 7) is 3.68. The third kappa shape index (κ3) is 7.24. The molecule has 2 N–H and O–H groups in total. The summed E-state index contributed by atoms with van der Waals surface area (Å²) in [5.74, 6) is -1.13. The average Bonchev–Trinajstić information content (AvgIpc) is 3.71. The molecule has 3 aromatic carbocycles. The van der Waals surface area contributed by atoms with Gasteiger partial charge in [0.05, 0.1) is 22.6 Å². The lowest BCUT2D eigenvalue weighted by atomic mass is 9.97. The molecule has 3 aromatic rings. The molecule has 0 aliphatic heterocycles. The Labute approximate surface area is 249 Å². The number of hydrogen-bond acceptors (Lipinski definition) is 6. The van der Waals surface area contributed by atoms with Crippen LogP contribution in [0.15, 0.2) is 77.7 Å². The number of nitrogens with one attached hydrogen (secondary N) is 2. The number of nitriles is 2. The van der Waals surface area contributed by atoms with Crippen molar-refractivity contribution in [3.05, 3.63) is 89.5 Å². The summed E-state index contributed by atoms with van der Waals surface area (Å²) in [5.41, 5.74) is 0.775. The number of halogens is 3. The molecule has 0 aromatic heterocycles. The minimum Gasteiger partial charge on any atom is -0.338 e. The van der Waals surface area contributed by atoms with Crippen LogP contribution in [0.2, 0.25) is 0 Å². The standard InChI is InChI=1S/C32H31F3N4O3S/c1-20(2)28-17-31(28,30(40)38-26(19-37)16-21-4-6-22(18-36)7-5-21)39-29(32(33,34)35)25-10-8-23(9-11-25)24-12-14-27(15-13-24)43(3,41)42/h4-15,20,26,28-29,39H,16-17H2,1-3H3,(H,38,40)/t26?,28-,29-,31?/m0/s1. The van der Waals surface area contributed by atoms with Crippen molar-refractivity contribution in [1.29, 1.82) is 10.5 Å². The van der Waals surface area contributed by atoms with Crippen LogP contribution in [0.4, 0.5) is 13.2 Å². The second-order valence-corrected chi connectivity index (χ2v) is 13.2. The van der Waals surface area contributed by atoms with E-state index in [1.54, 1.807) is 36.4 Å². The second kappa shape index (κ2) is 12.2. The Balaban J connectivity index is 1.56. The van der Waals surface area contributed by atoms with Gasteiger partial charge in [0, 0.05) is 12.7 Å². The third-order valence-electron chi connectivity index (χ3n) is 7.80. The van der Waals surface area contributed by atoms with Gasteiger partial charge in [-0.05, 0) is 64.8 Å². The van der Waals surface area contributed by atoms with Crippen LogP contribution in [0.1, 0.15) is 43.0 Å². The van der Waals surface area contributed by atoms with E-state index in [-0.39, 0.29) is 35.1 Å². The van der Waals surface area contributed by atoms with Crippen LogP contribution in [-0.2, 0) is 21.1 Å². The molecule has 224 valence electrons. The van der Waals surface area contributed by atoms with Crippen molar-refractivity contribution in [2.24, 2.45) is 11.8 Å². The van der Waals surface area contributed by atoms with Crippen LogP contribution in [-0.4, -0.2) is 38.3 Å². The highest BCUT2D eigenvalue weighted by Gasteiger charge is 2.63. The number of sulfone groups is 1. The molecular formula is C32H31F3N4O3S. The lowest BCUT2D eigenvalue weighted by molar-refractivity contribution is -0.162. The number of carbonyl (C=O) groups excluding carboxylic acids is 1. The van der Waals surface area contributed by atoms with E-state index < -0.39 is 39.5 Å². The molecule has 1 aliphatic rings. The predicted octanol–water partition coefficient (Wildman–Crippen LogP) is 5.49. The van der Waals surface area contributed by atoms with Crippen molar-refractivity contribution in [1.82, 2.24) is 10.6 Å². The molecule has 1 amide bonds. The van der Waals surface area contributed by atoms with Gasteiger partial charge in [-0.25, -0.2) is 8.42 Å². The fraction of sp³-hybridized carbons (Fsp3) is 0.344. The Kier molecular flexibility index (Phi) is 9.00. The minimum atomic E-state index is -4.73. The highest BCUT2D eigenvalue weighted by Crippen LogP contribution is 2.51. The minimum absolute atomic E-state index is 0.0833. The highest BCUT2D eigenvalue weighted by molar-refractivity contribution is 7.90. The fourth-order valence-electron chi connectivity index (χ4n) is 5.33. The van der Waals surface area contributed by atoms with E-state index in [2.05, 4.69) is 10.6 Å². The zero-order valence-corrected chi connectivity index (χ0v) is 24.6. The van der Waals surface area contributed by atoms with Gasteiger partial charge in [0.15, 0.2) is 9.84 Å². The predicted molar refractivity (Wildman–Crippen MR) is 155 cm³/mol. The van der Waals surface area contributed by atoms with E-state index in [0.717, 1.165) is 6.26 Å². The van der Waals surface area contributed by atoms with Gasteiger partial charge < -0.3 is 5.32 Å². The summed E-state index contributed by atoms with van der Waals surface area (Å²) in [7, 11) is -3.39. The molecule has 11 heteroatoms. The van der Waals surface area contributed by atoms with Gasteiger partial charge >= 0.3 is 6.18 Å². The fourth-order valence-corrected chi connectivity index (χ4v) is 5.96. The molecular weight excluding hydrogens is 577 g/mol. The van der Waals surface area contributed by atoms with E-state index in [4.69, 9.17) is 5.26 Å². The Morgan fingerprint density at radius 1 is 0.977 bits per heavy atom. The zero-order chi connectivity index (χ0) is 31.6. The largest absolute Gasteiger partial charge is 0.407 e. The maximum atomic E-state index is 14.5. The van der Waals surface area contributed by atoms with Gasteiger partial charge in [-0.15, -0.1) is 0 Å². The Bertz CT molecular complexity index is 1660. The monoisotopic (exact) mass is 608 g/mol. The maximum Gasteiger partial charge on any atom is 0.407 e. The summed E-state index contributed by atoms with van der Waals surface area (Å²) in [5, 5.41) is 24.0. The molecule has 4 rings (SSSR count). The van der Waals surface area contributed by atoms with Crippen molar-refractivity contribution in [3.8, 4) is 23.3 Å². The average molecular weight is 609 g/mol. The molecule has 43 heavy (non-hydrogen) atoms. The molecule has 1 aliphatic carbocycles. The number of amides is 1. The summed E-state index contributed by atoms with van der Waals surface area (Å²) < 4.78 is 66.9. The first-order valence-corrected chi connectivity index (χ1v) is 15.5. The van der Waals surface area contributed by atoms with E-state index in [1.807, 2.05) is 26.0 Å². The molecule has 0 saturated heterocycles. The second-order valence-electron chi connectivity index (χ2n) is 11.2. The Hall–Kier alpha value is -4.19. The first kappa shape index (κ1) is 31.7. The van der Waals surface area contributed by atoms with Crippen molar-refractivity contribution < 1.29 is 26.4 Å². The number of rotatable bonds is 10. The SMILES string of the molecule is CC(C)[C@@H]1CC1(N[C@@H](c1ccc(-c2ccc(S(C)(=O)=O)cc2)cc1)C(F)(F)F)C(=O)NC(C#N)Cc1ccc(C#N)cc1. The van der Waals surface area contributed by atoms with Crippen molar-refractivity contribution in [2.75, 3.05) is 6.26 Å². The van der Waals surface area contributed by atoms with Crippen LogP contribution in [0.3, 0.4) is 0 Å². The quantitative estimate of drug-likeness (QED) is 0.314. The van der Waals surface area contributed by atoms with Gasteiger partial charge in [-0.1, -0.05) is 62.4 Å². The lowest BCUT2D eigenvalue weighted by Gasteiger charge is -2.29. The molecule has 0 spiro atoms. The van der Waals surface area contributed by atoms with E-state index in [1.165, 1.54) is 36.4 Å². The maximum absolute atomic E-state index is 14.5. The zero-order valence-electron chi connectivity index (χ0n) is 23.8. The molecule has 7 nitrogen and oxygen atoms in total. The van der Waals surface area contributed by atoms with Crippen molar-refractivity contribution in [2.45, 2.75) is 55.4 Å². The molecule has 0 bridgehead atoms.